The number of carbonyl (C=O) groups excluding carboxylic acids is 6. The Kier molecular flexibility index (Phi) is 12.0. The van der Waals surface area contributed by atoms with Crippen molar-refractivity contribution in [3.05, 3.63) is 72.6 Å². The largest absolute Gasteiger partial charge is 0.453 e. The minimum absolute atomic E-state index is 0.216. The van der Waals surface area contributed by atoms with Gasteiger partial charge in [0.15, 0.2) is 10.8 Å². The molecular formula is C38H44N8O8S. The zero-order valence-electron chi connectivity index (χ0n) is 30.9. The Balaban J connectivity index is 1.10. The molecule has 2 aliphatic rings. The fraction of sp³-hybridized carbons (Fsp3) is 0.395. The predicted octanol–water partition coefficient (Wildman–Crippen LogP) is 4.40. The van der Waals surface area contributed by atoms with E-state index in [0.29, 0.717) is 60.8 Å². The Morgan fingerprint density at radius 1 is 0.782 bits per heavy atom. The highest BCUT2D eigenvalue weighted by Gasteiger charge is 2.40. The van der Waals surface area contributed by atoms with Crippen LogP contribution in [0, 0.1) is 5.92 Å². The summed E-state index contributed by atoms with van der Waals surface area (Å²) in [6.07, 6.45) is 4.33. The number of fused-ring (bicyclic) bond motifs is 1. The monoisotopic (exact) mass is 772 g/mol. The lowest BCUT2D eigenvalue weighted by Crippen LogP contribution is -2.54. The van der Waals surface area contributed by atoms with Crippen LogP contribution in [-0.4, -0.2) is 100 Å². The fourth-order valence-electron chi connectivity index (χ4n) is 6.93. The molecular weight excluding hydrogens is 729 g/mol. The molecule has 0 radical (unpaired) electrons. The van der Waals surface area contributed by atoms with Crippen molar-refractivity contribution in [3.63, 3.8) is 0 Å². The molecule has 0 aliphatic carbocycles. The summed E-state index contributed by atoms with van der Waals surface area (Å²) < 4.78 is 11.2. The first-order valence-electron chi connectivity index (χ1n) is 18.0. The van der Waals surface area contributed by atoms with E-state index in [-0.39, 0.29) is 23.6 Å². The molecule has 2 aromatic carbocycles. The van der Waals surface area contributed by atoms with Gasteiger partial charge in [0.05, 0.1) is 25.3 Å². The molecule has 6 amide bonds. The highest BCUT2D eigenvalue weighted by atomic mass is 32.1. The molecule has 2 fully saturated rings. The lowest BCUT2D eigenvalue weighted by atomic mass is 10.0. The van der Waals surface area contributed by atoms with Crippen LogP contribution in [0.1, 0.15) is 51.1 Å². The Morgan fingerprint density at radius 3 is 2.05 bits per heavy atom. The third kappa shape index (κ3) is 8.72. The maximum Gasteiger partial charge on any atom is 0.407 e. The Bertz CT molecular complexity index is 2040. The minimum atomic E-state index is -1.02. The molecule has 4 atom stereocenters. The first-order valence-corrected chi connectivity index (χ1v) is 18.8. The van der Waals surface area contributed by atoms with Crippen LogP contribution in [0.25, 0.3) is 15.4 Å². The average molecular weight is 773 g/mol. The number of rotatable bonds is 11. The Labute approximate surface area is 321 Å². The van der Waals surface area contributed by atoms with E-state index in [9.17, 15) is 28.8 Å². The van der Waals surface area contributed by atoms with Gasteiger partial charge in [0.25, 0.3) is 5.91 Å². The number of hydrogen-bond donors (Lipinski definition) is 4. The molecule has 0 bridgehead atoms. The number of methoxy groups -OCH3 is 2. The first kappa shape index (κ1) is 38.7. The number of ether oxygens (including phenoxy) is 2. The van der Waals surface area contributed by atoms with E-state index in [1.807, 2.05) is 44.3 Å². The highest BCUT2D eigenvalue weighted by molar-refractivity contribution is 7.20. The SMILES string of the molecule is COC(=O)N[C@H](C(=O)N1CCC[C@H]1C(=O)Nc1cn2cc(-c3cccc(NC(=O)[C@@H]4CCCN4C(=O)[C@H](NC(=O)OC)c4ccccc4)c3)sc2n1)C(C)C. The highest BCUT2D eigenvalue weighted by Crippen LogP contribution is 2.32. The average Bonchev–Trinajstić information content (AvgIpc) is 4.00. The summed E-state index contributed by atoms with van der Waals surface area (Å²) in [6, 6.07) is 12.9. The van der Waals surface area contributed by atoms with E-state index in [4.69, 9.17) is 4.74 Å². The number of aromatic nitrogens is 2. The van der Waals surface area contributed by atoms with Gasteiger partial charge < -0.3 is 40.5 Å². The van der Waals surface area contributed by atoms with Crippen molar-refractivity contribution < 1.29 is 38.2 Å². The number of alkyl carbamates (subject to hydrolysis) is 2. The lowest BCUT2D eigenvalue weighted by molar-refractivity contribution is -0.139. The van der Waals surface area contributed by atoms with Gasteiger partial charge in [-0.25, -0.2) is 14.6 Å². The number of imidazole rings is 1. The topological polar surface area (TPSA) is 193 Å². The van der Waals surface area contributed by atoms with Crippen molar-refractivity contribution in [1.82, 2.24) is 29.8 Å². The minimum Gasteiger partial charge on any atom is -0.453 e. The van der Waals surface area contributed by atoms with E-state index < -0.39 is 42.3 Å². The Hall–Kier alpha value is -5.97. The van der Waals surface area contributed by atoms with Crippen LogP contribution in [-0.2, 0) is 28.7 Å². The fourth-order valence-corrected chi connectivity index (χ4v) is 7.90. The zero-order chi connectivity index (χ0) is 39.2. The number of hydrogen-bond acceptors (Lipinski definition) is 10. The molecule has 2 saturated heterocycles. The van der Waals surface area contributed by atoms with Gasteiger partial charge in [0.1, 0.15) is 24.2 Å². The number of thiazole rings is 1. The number of anilines is 2. The summed E-state index contributed by atoms with van der Waals surface area (Å²) in [5, 5.41) is 11.0. The van der Waals surface area contributed by atoms with Gasteiger partial charge in [-0.3, -0.25) is 23.6 Å². The summed E-state index contributed by atoms with van der Waals surface area (Å²) >= 11 is 1.39. The van der Waals surface area contributed by atoms with E-state index >= 15 is 0 Å². The van der Waals surface area contributed by atoms with Crippen LogP contribution >= 0.6 is 11.3 Å². The van der Waals surface area contributed by atoms with Gasteiger partial charge in [-0.2, -0.15) is 0 Å². The molecule has 290 valence electrons. The molecule has 0 unspecified atom stereocenters. The van der Waals surface area contributed by atoms with Gasteiger partial charge in [-0.05, 0) is 54.9 Å². The molecule has 4 N–H and O–H groups in total. The summed E-state index contributed by atoms with van der Waals surface area (Å²) in [4.78, 5) is 87.2. The van der Waals surface area contributed by atoms with Crippen LogP contribution in [0.5, 0.6) is 0 Å². The molecule has 0 spiro atoms. The summed E-state index contributed by atoms with van der Waals surface area (Å²) in [5.74, 6) is -1.32. The quantitative estimate of drug-likeness (QED) is 0.171. The van der Waals surface area contributed by atoms with Crippen molar-refractivity contribution in [2.75, 3.05) is 37.9 Å². The van der Waals surface area contributed by atoms with Crippen LogP contribution in [0.15, 0.2) is 67.0 Å². The second-order valence-electron chi connectivity index (χ2n) is 13.7. The molecule has 16 nitrogen and oxygen atoms in total. The second-order valence-corrected chi connectivity index (χ2v) is 14.7. The van der Waals surface area contributed by atoms with Crippen molar-refractivity contribution in [2.45, 2.75) is 63.7 Å². The molecule has 0 saturated carbocycles. The van der Waals surface area contributed by atoms with E-state index in [1.165, 1.54) is 35.4 Å². The van der Waals surface area contributed by atoms with Crippen LogP contribution in [0.4, 0.5) is 21.1 Å². The predicted molar refractivity (Wildman–Crippen MR) is 204 cm³/mol. The first-order chi connectivity index (χ1) is 26.5. The lowest BCUT2D eigenvalue weighted by Gasteiger charge is -2.30. The van der Waals surface area contributed by atoms with Gasteiger partial charge in [0, 0.05) is 25.0 Å². The summed E-state index contributed by atoms with van der Waals surface area (Å²) in [5.41, 5.74) is 1.95. The van der Waals surface area contributed by atoms with E-state index in [1.54, 1.807) is 40.9 Å². The molecule has 4 aromatic rings. The molecule has 55 heavy (non-hydrogen) atoms. The van der Waals surface area contributed by atoms with Gasteiger partial charge in [-0.1, -0.05) is 67.6 Å². The zero-order valence-corrected chi connectivity index (χ0v) is 31.8. The number of likely N-dealkylation sites (tertiary alicyclic amines) is 2. The molecule has 2 aromatic heterocycles. The van der Waals surface area contributed by atoms with Crippen molar-refractivity contribution >= 4 is 63.6 Å². The maximum absolute atomic E-state index is 13.8. The summed E-state index contributed by atoms with van der Waals surface area (Å²) in [6.45, 7) is 4.38. The van der Waals surface area contributed by atoms with Crippen molar-refractivity contribution in [1.29, 1.82) is 0 Å². The molecule has 6 rings (SSSR count). The van der Waals surface area contributed by atoms with Crippen molar-refractivity contribution in [2.24, 2.45) is 5.92 Å². The van der Waals surface area contributed by atoms with Crippen LogP contribution in [0.2, 0.25) is 0 Å². The standard InChI is InChI=1S/C38H44N8O8S/c1-22(2)30(42-37(51)53-3)34(49)45-17-10-16-27(45)33(48)40-29-21-44-20-28(55-36(44)41-29)24-13-8-14-25(19-24)39-32(47)26-15-9-18-46(26)35(50)31(43-38(52)54-4)23-11-6-5-7-12-23/h5-8,11-14,19-22,26-27,30-31H,9-10,15-18H2,1-4H3,(H,39,47)(H,40,48)(H,42,51)(H,43,52)/t26-,27-,30-,31+/m0/s1. The number of nitrogens with zero attached hydrogens (tertiary/aromatic N) is 4. The molecule has 2 aliphatic heterocycles. The number of nitrogens with one attached hydrogen (secondary N) is 4. The van der Waals surface area contributed by atoms with Gasteiger partial charge in [0.2, 0.25) is 17.7 Å². The number of amides is 6. The van der Waals surface area contributed by atoms with E-state index in [2.05, 4.69) is 31.0 Å². The second kappa shape index (κ2) is 17.0. The molecule has 4 heterocycles. The van der Waals surface area contributed by atoms with Crippen molar-refractivity contribution in [3.8, 4) is 10.4 Å². The third-order valence-electron chi connectivity index (χ3n) is 9.72. The van der Waals surface area contributed by atoms with Gasteiger partial charge in [-0.15, -0.1) is 0 Å². The van der Waals surface area contributed by atoms with E-state index in [0.717, 1.165) is 10.4 Å². The molecule has 17 heteroatoms. The summed E-state index contributed by atoms with van der Waals surface area (Å²) in [7, 11) is 2.45. The Morgan fingerprint density at radius 2 is 1.42 bits per heavy atom. The maximum atomic E-state index is 13.8. The smallest absolute Gasteiger partial charge is 0.407 e. The third-order valence-corrected chi connectivity index (χ3v) is 10.8. The normalized spacial score (nSPS) is 17.8. The van der Waals surface area contributed by atoms with Gasteiger partial charge >= 0.3 is 12.2 Å². The number of carbonyl (C=O) groups is 6. The van der Waals surface area contributed by atoms with Crippen LogP contribution in [0.3, 0.4) is 0 Å². The number of benzene rings is 2. The van der Waals surface area contributed by atoms with Crippen LogP contribution < -0.4 is 21.3 Å².